The molecule has 2 aromatic heterocycles. The molecule has 0 amide bonds. The lowest BCUT2D eigenvalue weighted by molar-refractivity contribution is 0.767. The van der Waals surface area contributed by atoms with Crippen molar-refractivity contribution in [3.63, 3.8) is 0 Å². The number of thiazole rings is 1. The van der Waals surface area contributed by atoms with Crippen molar-refractivity contribution in [3.05, 3.63) is 41.7 Å². The van der Waals surface area contributed by atoms with Crippen LogP contribution in [-0.2, 0) is 13.5 Å². The van der Waals surface area contributed by atoms with E-state index < -0.39 is 0 Å². The summed E-state index contributed by atoms with van der Waals surface area (Å²) < 4.78 is 3.06. The van der Waals surface area contributed by atoms with Crippen LogP contribution in [0.3, 0.4) is 0 Å². The van der Waals surface area contributed by atoms with Gasteiger partial charge in [-0.2, -0.15) is 5.10 Å². The van der Waals surface area contributed by atoms with Crippen LogP contribution >= 0.6 is 11.3 Å². The van der Waals surface area contributed by atoms with Crippen molar-refractivity contribution < 1.29 is 0 Å². The summed E-state index contributed by atoms with van der Waals surface area (Å²) in [7, 11) is 1.94. The third kappa shape index (κ3) is 2.36. The second kappa shape index (κ2) is 4.78. The fraction of sp³-hybridized carbons (Fsp3) is 0.231. The van der Waals surface area contributed by atoms with E-state index in [0.717, 1.165) is 24.2 Å². The Bertz CT molecular complexity index is 656. The first-order valence-electron chi connectivity index (χ1n) is 5.86. The fourth-order valence-corrected chi connectivity index (χ4v) is 2.63. The minimum atomic E-state index is 0.913. The number of fused-ring (bicyclic) bond motifs is 1. The third-order valence-electron chi connectivity index (χ3n) is 2.83. The number of benzene rings is 1. The molecule has 2 heterocycles. The first-order valence-corrected chi connectivity index (χ1v) is 6.74. The van der Waals surface area contributed by atoms with Crippen LogP contribution in [0.5, 0.6) is 0 Å². The molecular weight excluding hydrogens is 244 g/mol. The molecule has 0 fully saturated rings. The number of aromatic nitrogens is 3. The molecular formula is C13H14N4S. The zero-order chi connectivity index (χ0) is 12.4. The molecule has 0 radical (unpaired) electrons. The molecule has 1 aromatic carbocycles. The summed E-state index contributed by atoms with van der Waals surface area (Å²) >= 11 is 1.67. The molecule has 0 atom stereocenters. The van der Waals surface area contributed by atoms with E-state index in [0.29, 0.717) is 0 Å². The van der Waals surface area contributed by atoms with Gasteiger partial charge in [0.1, 0.15) is 0 Å². The van der Waals surface area contributed by atoms with E-state index in [-0.39, 0.29) is 0 Å². The summed E-state index contributed by atoms with van der Waals surface area (Å²) in [5.74, 6) is 0. The van der Waals surface area contributed by atoms with Gasteiger partial charge >= 0.3 is 0 Å². The van der Waals surface area contributed by atoms with Crippen LogP contribution in [0.25, 0.3) is 10.2 Å². The van der Waals surface area contributed by atoms with Crippen LogP contribution in [0.4, 0.5) is 5.69 Å². The number of hydrogen-bond donors (Lipinski definition) is 1. The number of anilines is 1. The summed E-state index contributed by atoms with van der Waals surface area (Å²) in [6, 6.07) is 6.28. The van der Waals surface area contributed by atoms with Gasteiger partial charge < -0.3 is 5.32 Å². The first-order chi connectivity index (χ1) is 8.81. The summed E-state index contributed by atoms with van der Waals surface area (Å²) in [4.78, 5) is 4.27. The lowest BCUT2D eigenvalue weighted by Crippen LogP contribution is -2.04. The maximum absolute atomic E-state index is 4.27. The number of nitrogens with zero attached hydrogens (tertiary/aromatic N) is 3. The molecule has 0 aliphatic rings. The molecule has 5 heteroatoms. The zero-order valence-corrected chi connectivity index (χ0v) is 10.9. The van der Waals surface area contributed by atoms with E-state index in [9.17, 15) is 0 Å². The molecule has 92 valence electrons. The highest BCUT2D eigenvalue weighted by Gasteiger charge is 1.99. The molecule has 1 N–H and O–H groups in total. The SMILES string of the molecule is Cn1cc(CCNc2ccc3ncsc3c2)cn1. The van der Waals surface area contributed by atoms with Crippen LogP contribution in [0.2, 0.25) is 0 Å². The summed E-state index contributed by atoms with van der Waals surface area (Å²) in [5.41, 5.74) is 5.35. The number of hydrogen-bond acceptors (Lipinski definition) is 4. The molecule has 3 aromatic rings. The lowest BCUT2D eigenvalue weighted by Gasteiger charge is -2.04. The van der Waals surface area contributed by atoms with E-state index in [1.807, 2.05) is 29.6 Å². The van der Waals surface area contributed by atoms with Crippen molar-refractivity contribution >= 4 is 27.2 Å². The molecule has 3 rings (SSSR count). The molecule has 18 heavy (non-hydrogen) atoms. The van der Waals surface area contributed by atoms with Gasteiger partial charge in [0.05, 0.1) is 21.9 Å². The summed E-state index contributed by atoms with van der Waals surface area (Å²) in [6.45, 7) is 0.913. The molecule has 0 aliphatic carbocycles. The smallest absolute Gasteiger partial charge is 0.0813 e. The maximum Gasteiger partial charge on any atom is 0.0813 e. The van der Waals surface area contributed by atoms with Crippen LogP contribution in [0, 0.1) is 0 Å². The van der Waals surface area contributed by atoms with Crippen LogP contribution < -0.4 is 5.32 Å². The molecule has 4 nitrogen and oxygen atoms in total. The highest BCUT2D eigenvalue weighted by atomic mass is 32.1. The van der Waals surface area contributed by atoms with Crippen molar-refractivity contribution in [2.75, 3.05) is 11.9 Å². The Morgan fingerprint density at radius 1 is 1.39 bits per heavy atom. The molecule has 0 spiro atoms. The Morgan fingerprint density at radius 2 is 2.33 bits per heavy atom. The first kappa shape index (κ1) is 11.2. The van der Waals surface area contributed by atoms with Gasteiger partial charge in [0.15, 0.2) is 0 Å². The molecule has 0 aliphatic heterocycles. The predicted molar refractivity (Wildman–Crippen MR) is 75.0 cm³/mol. The van der Waals surface area contributed by atoms with E-state index in [1.165, 1.54) is 10.3 Å². The Morgan fingerprint density at radius 3 is 3.17 bits per heavy atom. The van der Waals surface area contributed by atoms with Gasteiger partial charge in [0.25, 0.3) is 0 Å². The normalized spacial score (nSPS) is 10.9. The second-order valence-electron chi connectivity index (χ2n) is 4.23. The third-order valence-corrected chi connectivity index (χ3v) is 3.62. The van der Waals surface area contributed by atoms with Gasteiger partial charge in [-0.25, -0.2) is 4.98 Å². The van der Waals surface area contributed by atoms with Gasteiger partial charge in [0, 0.05) is 25.5 Å². The Balaban J connectivity index is 1.62. The van der Waals surface area contributed by atoms with Gasteiger partial charge in [-0.15, -0.1) is 11.3 Å². The fourth-order valence-electron chi connectivity index (χ4n) is 1.92. The van der Waals surface area contributed by atoms with Crippen molar-refractivity contribution in [1.29, 1.82) is 0 Å². The zero-order valence-electron chi connectivity index (χ0n) is 10.1. The Kier molecular flexibility index (Phi) is 2.98. The molecule has 0 saturated heterocycles. The summed E-state index contributed by atoms with van der Waals surface area (Å²) in [6.07, 6.45) is 4.94. The monoisotopic (exact) mass is 258 g/mol. The van der Waals surface area contributed by atoms with Gasteiger partial charge in [-0.1, -0.05) is 0 Å². The van der Waals surface area contributed by atoms with Crippen molar-refractivity contribution in [2.24, 2.45) is 7.05 Å². The minimum Gasteiger partial charge on any atom is -0.385 e. The highest BCUT2D eigenvalue weighted by Crippen LogP contribution is 2.21. The Hall–Kier alpha value is -1.88. The molecule has 0 saturated carbocycles. The molecule has 0 unspecified atom stereocenters. The van der Waals surface area contributed by atoms with Crippen molar-refractivity contribution in [3.8, 4) is 0 Å². The van der Waals surface area contributed by atoms with Gasteiger partial charge in [-0.05, 0) is 30.2 Å². The maximum atomic E-state index is 4.27. The summed E-state index contributed by atoms with van der Waals surface area (Å²) in [5, 5.41) is 7.58. The standard InChI is InChI=1S/C13H14N4S/c1-17-8-10(7-16-17)4-5-14-11-2-3-12-13(6-11)18-9-15-12/h2-3,6-9,14H,4-5H2,1H3. The molecule has 0 bridgehead atoms. The van der Waals surface area contributed by atoms with E-state index in [1.54, 1.807) is 11.3 Å². The minimum absolute atomic E-state index is 0.913. The van der Waals surface area contributed by atoms with E-state index in [2.05, 4.69) is 33.6 Å². The number of nitrogens with one attached hydrogen (secondary N) is 1. The Labute approximate surface area is 109 Å². The van der Waals surface area contributed by atoms with Gasteiger partial charge in [-0.3, -0.25) is 4.68 Å². The average molecular weight is 258 g/mol. The second-order valence-corrected chi connectivity index (χ2v) is 5.12. The quantitative estimate of drug-likeness (QED) is 0.782. The topological polar surface area (TPSA) is 42.7 Å². The number of rotatable bonds is 4. The van der Waals surface area contributed by atoms with Crippen LogP contribution in [0.1, 0.15) is 5.56 Å². The van der Waals surface area contributed by atoms with E-state index >= 15 is 0 Å². The van der Waals surface area contributed by atoms with Crippen LogP contribution in [-0.4, -0.2) is 21.3 Å². The van der Waals surface area contributed by atoms with E-state index in [4.69, 9.17) is 0 Å². The predicted octanol–water partition coefficient (Wildman–Crippen LogP) is 2.68. The van der Waals surface area contributed by atoms with Crippen molar-refractivity contribution in [2.45, 2.75) is 6.42 Å². The average Bonchev–Trinajstić information content (AvgIpc) is 2.97. The van der Waals surface area contributed by atoms with Crippen molar-refractivity contribution in [1.82, 2.24) is 14.8 Å². The highest BCUT2D eigenvalue weighted by molar-refractivity contribution is 7.16. The largest absolute Gasteiger partial charge is 0.385 e. The van der Waals surface area contributed by atoms with Gasteiger partial charge in [0.2, 0.25) is 0 Å². The van der Waals surface area contributed by atoms with Crippen LogP contribution in [0.15, 0.2) is 36.1 Å². The lowest BCUT2D eigenvalue weighted by atomic mass is 10.2. The number of aryl methyl sites for hydroxylation is 1.